The van der Waals surface area contributed by atoms with Crippen molar-refractivity contribution in [3.63, 3.8) is 0 Å². The Bertz CT molecular complexity index is 1260. The summed E-state index contributed by atoms with van der Waals surface area (Å²) in [6, 6.07) is 15.7. The Balaban J connectivity index is 1.57. The monoisotopic (exact) mass is 426 g/mol. The number of hydrogen-bond acceptors (Lipinski definition) is 4. The molecule has 7 nitrogen and oxygen atoms in total. The van der Waals surface area contributed by atoms with Crippen molar-refractivity contribution in [3.05, 3.63) is 88.0 Å². The molecule has 10 heteroatoms. The quantitative estimate of drug-likeness (QED) is 0.337. The van der Waals surface area contributed by atoms with Crippen molar-refractivity contribution in [2.45, 2.75) is 6.18 Å². The Morgan fingerprint density at radius 2 is 1.74 bits per heavy atom. The summed E-state index contributed by atoms with van der Waals surface area (Å²) >= 11 is 0. The zero-order valence-corrected chi connectivity index (χ0v) is 15.6. The van der Waals surface area contributed by atoms with Gasteiger partial charge in [-0.05, 0) is 42.5 Å². The zero-order chi connectivity index (χ0) is 22.2. The minimum Gasteiger partial charge on any atom is -0.338 e. The number of fused-ring (bicyclic) bond motifs is 1. The standard InChI is InChI=1S/C21H13F3N4O3/c22-21(23,24)14-9-13(10-16(11-14)28(30)31)20(29)25-15-7-5-12(6-8-15)19-26-17-3-1-2-4-18(17)27-19/h1-11H,(H,25,29)(H,26,27). The van der Waals surface area contributed by atoms with E-state index < -0.39 is 33.8 Å². The summed E-state index contributed by atoms with van der Waals surface area (Å²) in [6.45, 7) is 0. The smallest absolute Gasteiger partial charge is 0.338 e. The topological polar surface area (TPSA) is 101 Å². The number of carbonyl (C=O) groups excluding carboxylic acids is 1. The van der Waals surface area contributed by atoms with Crippen molar-refractivity contribution in [3.8, 4) is 11.4 Å². The Morgan fingerprint density at radius 1 is 1.03 bits per heavy atom. The van der Waals surface area contributed by atoms with Crippen molar-refractivity contribution in [2.24, 2.45) is 0 Å². The molecular formula is C21H13F3N4O3. The molecule has 0 unspecified atom stereocenters. The van der Waals surface area contributed by atoms with Gasteiger partial charge < -0.3 is 10.3 Å². The fraction of sp³-hybridized carbons (Fsp3) is 0.0476. The molecular weight excluding hydrogens is 413 g/mol. The number of benzene rings is 3. The minimum atomic E-state index is -4.82. The van der Waals surface area contributed by atoms with Gasteiger partial charge in [-0.2, -0.15) is 13.2 Å². The van der Waals surface area contributed by atoms with Gasteiger partial charge in [0, 0.05) is 28.9 Å². The van der Waals surface area contributed by atoms with E-state index in [0.29, 0.717) is 23.6 Å². The van der Waals surface area contributed by atoms with Crippen LogP contribution in [0, 0.1) is 10.1 Å². The van der Waals surface area contributed by atoms with Gasteiger partial charge in [0.15, 0.2) is 0 Å². The molecule has 2 N–H and O–H groups in total. The molecule has 31 heavy (non-hydrogen) atoms. The number of aromatic nitrogens is 2. The molecule has 0 saturated carbocycles. The number of nitrogens with one attached hydrogen (secondary N) is 2. The van der Waals surface area contributed by atoms with Crippen LogP contribution in [0.3, 0.4) is 0 Å². The van der Waals surface area contributed by atoms with Gasteiger partial charge in [0.05, 0.1) is 21.5 Å². The first-order valence-corrected chi connectivity index (χ1v) is 8.94. The molecule has 156 valence electrons. The Kier molecular flexibility index (Phi) is 4.90. The van der Waals surface area contributed by atoms with E-state index >= 15 is 0 Å². The molecule has 0 fully saturated rings. The number of alkyl halides is 3. The second kappa shape index (κ2) is 7.56. The van der Waals surface area contributed by atoms with Gasteiger partial charge in [0.25, 0.3) is 11.6 Å². The maximum absolute atomic E-state index is 13.0. The van der Waals surface area contributed by atoms with Crippen LogP contribution in [-0.4, -0.2) is 20.8 Å². The summed E-state index contributed by atoms with van der Waals surface area (Å²) in [5.41, 5.74) is 0.144. The summed E-state index contributed by atoms with van der Waals surface area (Å²) in [6.07, 6.45) is -4.82. The van der Waals surface area contributed by atoms with Crippen LogP contribution in [0.2, 0.25) is 0 Å². The third kappa shape index (κ3) is 4.22. The number of rotatable bonds is 4. The SMILES string of the molecule is O=C(Nc1ccc(-c2nc3ccccc3[nH]2)cc1)c1cc([N+](=O)[O-])cc(C(F)(F)F)c1. The number of anilines is 1. The summed E-state index contributed by atoms with van der Waals surface area (Å²) in [4.78, 5) is 30.0. The molecule has 0 atom stereocenters. The van der Waals surface area contributed by atoms with Crippen LogP contribution < -0.4 is 5.32 Å². The number of nitrogens with zero attached hydrogens (tertiary/aromatic N) is 2. The van der Waals surface area contributed by atoms with Gasteiger partial charge >= 0.3 is 6.18 Å². The molecule has 1 amide bonds. The van der Waals surface area contributed by atoms with E-state index in [1.54, 1.807) is 24.3 Å². The van der Waals surface area contributed by atoms with Gasteiger partial charge in [-0.1, -0.05) is 12.1 Å². The summed E-state index contributed by atoms with van der Waals surface area (Å²) in [5, 5.41) is 13.4. The predicted molar refractivity (Wildman–Crippen MR) is 108 cm³/mol. The minimum absolute atomic E-state index is 0.310. The normalized spacial score (nSPS) is 11.5. The van der Waals surface area contributed by atoms with Crippen LogP contribution >= 0.6 is 0 Å². The number of H-pyrrole nitrogens is 1. The maximum atomic E-state index is 13.0. The second-order valence-corrected chi connectivity index (χ2v) is 6.66. The van der Waals surface area contributed by atoms with E-state index in [2.05, 4.69) is 15.3 Å². The molecule has 3 aromatic carbocycles. The number of halogens is 3. The molecule has 0 bridgehead atoms. The molecule has 0 saturated heterocycles. The highest BCUT2D eigenvalue weighted by molar-refractivity contribution is 6.05. The van der Waals surface area contributed by atoms with Gasteiger partial charge in [-0.15, -0.1) is 0 Å². The van der Waals surface area contributed by atoms with Crippen molar-refractivity contribution >= 4 is 28.3 Å². The average Bonchev–Trinajstić information content (AvgIpc) is 3.17. The third-order valence-corrected chi connectivity index (χ3v) is 4.52. The van der Waals surface area contributed by atoms with Crippen LogP contribution in [0.5, 0.6) is 0 Å². The maximum Gasteiger partial charge on any atom is 0.416 e. The van der Waals surface area contributed by atoms with E-state index in [0.717, 1.165) is 22.7 Å². The van der Waals surface area contributed by atoms with Crippen LogP contribution in [0.4, 0.5) is 24.5 Å². The van der Waals surface area contributed by atoms with Gasteiger partial charge in [0.2, 0.25) is 0 Å². The molecule has 0 spiro atoms. The summed E-state index contributed by atoms with van der Waals surface area (Å²) in [7, 11) is 0. The van der Waals surface area contributed by atoms with E-state index in [-0.39, 0.29) is 0 Å². The number of nitro groups is 1. The van der Waals surface area contributed by atoms with Crippen molar-refractivity contribution in [1.29, 1.82) is 0 Å². The van der Waals surface area contributed by atoms with E-state index in [9.17, 15) is 28.1 Å². The largest absolute Gasteiger partial charge is 0.416 e. The second-order valence-electron chi connectivity index (χ2n) is 6.66. The number of aromatic amines is 1. The Hall–Kier alpha value is -4.21. The average molecular weight is 426 g/mol. The zero-order valence-electron chi connectivity index (χ0n) is 15.6. The number of imidazole rings is 1. The molecule has 0 aliphatic rings. The molecule has 1 aromatic heterocycles. The fourth-order valence-electron chi connectivity index (χ4n) is 3.02. The van der Waals surface area contributed by atoms with E-state index in [1.807, 2.05) is 24.3 Å². The lowest BCUT2D eigenvalue weighted by atomic mass is 10.1. The molecule has 0 aliphatic carbocycles. The number of para-hydroxylation sites is 2. The Morgan fingerprint density at radius 3 is 2.39 bits per heavy atom. The number of nitro benzene ring substituents is 1. The highest BCUT2D eigenvalue weighted by Gasteiger charge is 2.33. The summed E-state index contributed by atoms with van der Waals surface area (Å²) in [5.74, 6) is -0.279. The van der Waals surface area contributed by atoms with E-state index in [1.165, 1.54) is 0 Å². The lowest BCUT2D eigenvalue weighted by Crippen LogP contribution is -2.14. The van der Waals surface area contributed by atoms with Crippen molar-refractivity contribution < 1.29 is 22.9 Å². The van der Waals surface area contributed by atoms with Gasteiger partial charge in [-0.25, -0.2) is 4.98 Å². The van der Waals surface area contributed by atoms with Crippen LogP contribution in [-0.2, 0) is 6.18 Å². The fourth-order valence-corrected chi connectivity index (χ4v) is 3.02. The highest BCUT2D eigenvalue weighted by Crippen LogP contribution is 2.33. The predicted octanol–water partition coefficient (Wildman–Crippen LogP) is 5.41. The van der Waals surface area contributed by atoms with Crippen molar-refractivity contribution in [2.75, 3.05) is 5.32 Å². The first-order chi connectivity index (χ1) is 14.7. The third-order valence-electron chi connectivity index (χ3n) is 4.52. The lowest BCUT2D eigenvalue weighted by Gasteiger charge is -2.10. The van der Waals surface area contributed by atoms with Crippen molar-refractivity contribution in [1.82, 2.24) is 9.97 Å². The van der Waals surface area contributed by atoms with Crippen LogP contribution in [0.25, 0.3) is 22.4 Å². The lowest BCUT2D eigenvalue weighted by molar-refractivity contribution is -0.385. The molecule has 4 aromatic rings. The van der Waals surface area contributed by atoms with E-state index in [4.69, 9.17) is 0 Å². The number of carbonyl (C=O) groups is 1. The molecule has 0 radical (unpaired) electrons. The number of hydrogen-bond donors (Lipinski definition) is 2. The molecule has 4 rings (SSSR count). The first-order valence-electron chi connectivity index (χ1n) is 8.94. The highest BCUT2D eigenvalue weighted by atomic mass is 19.4. The summed E-state index contributed by atoms with van der Waals surface area (Å²) < 4.78 is 39.1. The number of non-ortho nitro benzene ring substituents is 1. The molecule has 0 aliphatic heterocycles. The Labute approximate surface area is 172 Å². The van der Waals surface area contributed by atoms with Gasteiger partial charge in [-0.3, -0.25) is 14.9 Å². The first kappa shape index (κ1) is 20.1. The van der Waals surface area contributed by atoms with Crippen LogP contribution in [0.15, 0.2) is 66.7 Å². The number of amides is 1. The van der Waals surface area contributed by atoms with Crippen LogP contribution in [0.1, 0.15) is 15.9 Å². The molecule has 1 heterocycles. The van der Waals surface area contributed by atoms with Gasteiger partial charge in [0.1, 0.15) is 5.82 Å².